The van der Waals surface area contributed by atoms with Crippen molar-refractivity contribution in [3.63, 3.8) is 0 Å². The topological polar surface area (TPSA) is 108 Å². The van der Waals surface area contributed by atoms with Gasteiger partial charge in [0.2, 0.25) is 5.43 Å². The zero-order valence-electron chi connectivity index (χ0n) is 11.5. The molecule has 1 heterocycles. The molecule has 6 nitrogen and oxygen atoms in total. The summed E-state index contributed by atoms with van der Waals surface area (Å²) in [5, 5.41) is 9.32. The van der Waals surface area contributed by atoms with Crippen molar-refractivity contribution in [1.82, 2.24) is 0 Å². The first kappa shape index (κ1) is 14.3. The third-order valence-corrected chi connectivity index (χ3v) is 4.49. The number of benzene rings is 2. The van der Waals surface area contributed by atoms with Crippen LogP contribution in [0, 0.1) is 4.78 Å². The Labute approximate surface area is 125 Å². The van der Waals surface area contributed by atoms with Crippen LogP contribution >= 0.6 is 0 Å². The molecule has 0 aliphatic carbocycles. The van der Waals surface area contributed by atoms with Crippen molar-refractivity contribution in [3.8, 4) is 0 Å². The molecule has 3 rings (SSSR count). The maximum atomic E-state index is 12.5. The molecule has 1 aromatic heterocycles. The van der Waals surface area contributed by atoms with Gasteiger partial charge in [-0.15, -0.1) is 0 Å². The molecule has 3 aromatic rings. The van der Waals surface area contributed by atoms with E-state index in [0.29, 0.717) is 5.58 Å². The average molecular weight is 317 g/mol. The van der Waals surface area contributed by atoms with E-state index in [4.69, 9.17) is 14.3 Å². The van der Waals surface area contributed by atoms with Crippen LogP contribution in [-0.2, 0) is 9.73 Å². The molecule has 22 heavy (non-hydrogen) atoms. The first-order valence-corrected chi connectivity index (χ1v) is 8.22. The maximum Gasteiger partial charge on any atom is 0.335 e. The zero-order valence-corrected chi connectivity index (χ0v) is 12.3. The predicted molar refractivity (Wildman–Crippen MR) is 82.0 cm³/mol. The largest absolute Gasteiger partial charge is 0.478 e. The van der Waals surface area contributed by atoms with E-state index in [-0.39, 0.29) is 26.8 Å². The Morgan fingerprint density at radius 1 is 1.14 bits per heavy atom. The lowest BCUT2D eigenvalue weighted by molar-refractivity contribution is 0.0697. The number of fused-ring (bicyclic) bond motifs is 2. The highest BCUT2D eigenvalue weighted by Gasteiger charge is 2.13. The molecular weight excluding hydrogens is 306 g/mol. The van der Waals surface area contributed by atoms with Crippen LogP contribution in [0.4, 0.5) is 0 Å². The Kier molecular flexibility index (Phi) is 3.03. The molecule has 0 aliphatic heterocycles. The molecule has 0 fully saturated rings. The van der Waals surface area contributed by atoms with Gasteiger partial charge >= 0.3 is 5.97 Å². The first-order chi connectivity index (χ1) is 10.3. The van der Waals surface area contributed by atoms with Crippen LogP contribution in [0.3, 0.4) is 0 Å². The average Bonchev–Trinajstić information content (AvgIpc) is 2.45. The van der Waals surface area contributed by atoms with Gasteiger partial charge < -0.3 is 9.52 Å². The van der Waals surface area contributed by atoms with Gasteiger partial charge in [0.05, 0.1) is 26.1 Å². The molecule has 1 atom stereocenters. The molecule has 0 saturated carbocycles. The Balaban J connectivity index is 2.44. The minimum atomic E-state index is -2.96. The summed E-state index contributed by atoms with van der Waals surface area (Å²) in [6.45, 7) is 0. The lowest BCUT2D eigenvalue weighted by Crippen LogP contribution is -2.06. The molecule has 0 saturated heterocycles. The van der Waals surface area contributed by atoms with Gasteiger partial charge in [0.1, 0.15) is 11.2 Å². The molecule has 2 aromatic carbocycles. The highest BCUT2D eigenvalue weighted by atomic mass is 32.2. The second kappa shape index (κ2) is 4.67. The Morgan fingerprint density at radius 2 is 1.73 bits per heavy atom. The fourth-order valence-corrected chi connectivity index (χ4v) is 2.88. The van der Waals surface area contributed by atoms with Crippen LogP contribution in [0.2, 0.25) is 0 Å². The fourth-order valence-electron chi connectivity index (χ4n) is 2.21. The van der Waals surface area contributed by atoms with E-state index in [9.17, 15) is 13.8 Å². The van der Waals surface area contributed by atoms with E-state index >= 15 is 0 Å². The van der Waals surface area contributed by atoms with Crippen LogP contribution in [0.1, 0.15) is 10.4 Å². The second-order valence-corrected chi connectivity index (χ2v) is 7.11. The Morgan fingerprint density at radius 3 is 2.32 bits per heavy atom. The molecule has 7 heteroatoms. The number of carbonyl (C=O) groups is 1. The van der Waals surface area contributed by atoms with E-state index in [1.54, 1.807) is 0 Å². The quantitative estimate of drug-likeness (QED) is 0.706. The minimum absolute atomic E-state index is 0.0184. The summed E-state index contributed by atoms with van der Waals surface area (Å²) >= 11 is 0. The SMILES string of the molecule is CS(=N)(=O)c1ccc2oc3ccc(C(=O)O)cc3c(=O)c2c1. The number of carboxylic acids is 1. The Hall–Kier alpha value is -2.67. The molecule has 2 N–H and O–H groups in total. The van der Waals surface area contributed by atoms with Gasteiger partial charge in [0, 0.05) is 11.2 Å². The van der Waals surface area contributed by atoms with E-state index in [0.717, 1.165) is 0 Å². The maximum absolute atomic E-state index is 12.5. The summed E-state index contributed by atoms with van der Waals surface area (Å²) in [6, 6.07) is 8.38. The van der Waals surface area contributed by atoms with Crippen LogP contribution < -0.4 is 5.43 Å². The highest BCUT2D eigenvalue weighted by Crippen LogP contribution is 2.22. The number of nitrogens with one attached hydrogen (secondary N) is 1. The van der Waals surface area contributed by atoms with Gasteiger partial charge in [0.25, 0.3) is 0 Å². The van der Waals surface area contributed by atoms with Crippen molar-refractivity contribution >= 4 is 37.6 Å². The summed E-state index contributed by atoms with van der Waals surface area (Å²) in [7, 11) is -2.96. The van der Waals surface area contributed by atoms with Crippen molar-refractivity contribution in [2.24, 2.45) is 0 Å². The van der Waals surface area contributed by atoms with E-state index in [1.807, 2.05) is 0 Å². The summed E-state index contributed by atoms with van der Waals surface area (Å²) in [5.41, 5.74) is 0.145. The molecule has 0 spiro atoms. The lowest BCUT2D eigenvalue weighted by atomic mass is 10.1. The second-order valence-electron chi connectivity index (χ2n) is 4.95. The molecule has 0 radical (unpaired) electrons. The van der Waals surface area contributed by atoms with Crippen LogP contribution in [-0.4, -0.2) is 21.5 Å². The molecule has 112 valence electrons. The van der Waals surface area contributed by atoms with Crippen molar-refractivity contribution in [3.05, 3.63) is 52.2 Å². The third-order valence-electron chi connectivity index (χ3n) is 3.34. The normalized spacial score (nSPS) is 14.0. The van der Waals surface area contributed by atoms with Crippen LogP contribution in [0.15, 0.2) is 50.5 Å². The number of hydrogen-bond acceptors (Lipinski definition) is 5. The number of aromatic carboxylic acids is 1. The first-order valence-electron chi connectivity index (χ1n) is 6.25. The fraction of sp³-hybridized carbons (Fsp3) is 0.0667. The highest BCUT2D eigenvalue weighted by molar-refractivity contribution is 7.91. The molecular formula is C15H11NO5S. The van der Waals surface area contributed by atoms with Crippen molar-refractivity contribution in [2.45, 2.75) is 4.90 Å². The lowest BCUT2D eigenvalue weighted by Gasteiger charge is -2.05. The number of carboxylic acid groups (broad SMARTS) is 1. The Bertz CT molecular complexity index is 1100. The van der Waals surface area contributed by atoms with E-state index < -0.39 is 21.1 Å². The van der Waals surface area contributed by atoms with Gasteiger partial charge in [-0.3, -0.25) is 4.79 Å². The molecule has 0 bridgehead atoms. The zero-order chi connectivity index (χ0) is 16.1. The minimum Gasteiger partial charge on any atom is -0.478 e. The number of rotatable bonds is 2. The van der Waals surface area contributed by atoms with Gasteiger partial charge in [-0.2, -0.15) is 0 Å². The van der Waals surface area contributed by atoms with Crippen LogP contribution in [0.25, 0.3) is 21.9 Å². The van der Waals surface area contributed by atoms with E-state index in [2.05, 4.69) is 0 Å². The molecule has 1 unspecified atom stereocenters. The number of hydrogen-bond donors (Lipinski definition) is 2. The van der Waals surface area contributed by atoms with Gasteiger partial charge in [-0.1, -0.05) is 0 Å². The summed E-state index contributed by atoms with van der Waals surface area (Å²) in [4.78, 5) is 23.8. The molecule has 0 amide bonds. The van der Waals surface area contributed by atoms with Gasteiger partial charge in [0.15, 0.2) is 0 Å². The van der Waals surface area contributed by atoms with Gasteiger partial charge in [-0.05, 0) is 36.4 Å². The standard InChI is InChI=1S/C15H11NO5S/c1-22(16,20)9-3-5-13-11(7-9)14(17)10-6-8(15(18)19)2-4-12(10)21-13/h2-7,16H,1H3,(H,18,19). The third kappa shape index (κ3) is 2.25. The predicted octanol–water partition coefficient (Wildman–Crippen LogP) is 2.68. The van der Waals surface area contributed by atoms with Crippen LogP contribution in [0.5, 0.6) is 0 Å². The summed E-state index contributed by atoms with van der Waals surface area (Å²) < 4.78 is 25.0. The van der Waals surface area contributed by atoms with Crippen molar-refractivity contribution < 1.29 is 18.5 Å². The van der Waals surface area contributed by atoms with Crippen molar-refractivity contribution in [1.29, 1.82) is 4.78 Å². The van der Waals surface area contributed by atoms with E-state index in [1.165, 1.54) is 42.7 Å². The van der Waals surface area contributed by atoms with Crippen molar-refractivity contribution in [2.75, 3.05) is 6.26 Å². The molecule has 0 aliphatic rings. The summed E-state index contributed by atoms with van der Waals surface area (Å²) in [6.07, 6.45) is 1.26. The monoisotopic (exact) mass is 317 g/mol. The smallest absolute Gasteiger partial charge is 0.335 e. The summed E-state index contributed by atoms with van der Waals surface area (Å²) in [5.74, 6) is -1.14. The van der Waals surface area contributed by atoms with Gasteiger partial charge in [-0.25, -0.2) is 13.8 Å².